The van der Waals surface area contributed by atoms with Crippen molar-refractivity contribution in [2.75, 3.05) is 6.61 Å². The third-order valence-electron chi connectivity index (χ3n) is 7.46. The molecule has 4 fully saturated rings. The van der Waals surface area contributed by atoms with Crippen molar-refractivity contribution >= 4 is 5.78 Å². The van der Waals surface area contributed by atoms with E-state index in [-0.39, 0.29) is 31.0 Å². The molecule has 2 heterocycles. The van der Waals surface area contributed by atoms with Gasteiger partial charge in [0.25, 0.3) is 0 Å². The third-order valence-corrected chi connectivity index (χ3v) is 7.46. The normalized spacial score (nSPS) is 52.5. The van der Waals surface area contributed by atoms with Crippen LogP contribution >= 0.6 is 0 Å². The Hall–Kier alpha value is -0.730. The molecule has 0 aromatic heterocycles. The van der Waals surface area contributed by atoms with E-state index in [0.717, 1.165) is 0 Å². The molecule has 0 spiro atoms. The Bertz CT molecular complexity index is 660. The molecule has 4 aliphatic rings. The van der Waals surface area contributed by atoms with Crippen LogP contribution in [-0.2, 0) is 19.0 Å². The summed E-state index contributed by atoms with van der Waals surface area (Å²) in [6.45, 7) is -0.579. The second-order valence-electron chi connectivity index (χ2n) is 9.61. The van der Waals surface area contributed by atoms with E-state index in [0.29, 0.717) is 19.3 Å². The molecule has 11 nitrogen and oxygen atoms in total. The molecule has 0 amide bonds. The fraction of sp³-hybridized carbons (Fsp3) is 0.952. The quantitative estimate of drug-likeness (QED) is 0.229. The first-order valence-corrected chi connectivity index (χ1v) is 11.4. The van der Waals surface area contributed by atoms with E-state index in [1.165, 1.54) is 0 Å². The fourth-order valence-corrected chi connectivity index (χ4v) is 5.59. The zero-order chi connectivity index (χ0) is 23.2. The number of aliphatic hydroxyl groups excluding tert-OH is 7. The van der Waals surface area contributed by atoms with Crippen LogP contribution in [0.25, 0.3) is 0 Å². The van der Waals surface area contributed by atoms with Crippen LogP contribution < -0.4 is 0 Å². The predicted octanol–water partition coefficient (Wildman–Crippen LogP) is -2.81. The number of ether oxygens (including phenoxy) is 3. The molecule has 2 aliphatic heterocycles. The minimum absolute atomic E-state index is 0.0813. The van der Waals surface area contributed by atoms with Gasteiger partial charge in [-0.15, -0.1) is 0 Å². The van der Waals surface area contributed by atoms with Gasteiger partial charge in [0.15, 0.2) is 6.29 Å². The number of aliphatic hydroxyl groups is 7. The van der Waals surface area contributed by atoms with Crippen LogP contribution in [0.4, 0.5) is 0 Å². The van der Waals surface area contributed by atoms with Gasteiger partial charge in [-0.25, -0.2) is 0 Å². The van der Waals surface area contributed by atoms with Crippen molar-refractivity contribution in [3.05, 3.63) is 0 Å². The lowest BCUT2D eigenvalue weighted by Gasteiger charge is -2.47. The van der Waals surface area contributed by atoms with Gasteiger partial charge in [0.05, 0.1) is 49.1 Å². The van der Waals surface area contributed by atoms with Gasteiger partial charge < -0.3 is 50.0 Å². The Morgan fingerprint density at radius 2 is 1.56 bits per heavy atom. The number of rotatable bonds is 4. The summed E-state index contributed by atoms with van der Waals surface area (Å²) in [5.41, 5.74) is 0. The van der Waals surface area contributed by atoms with Gasteiger partial charge in [-0.2, -0.15) is 0 Å². The van der Waals surface area contributed by atoms with Gasteiger partial charge in [-0.1, -0.05) is 0 Å². The van der Waals surface area contributed by atoms with Crippen molar-refractivity contribution in [2.45, 2.75) is 106 Å². The summed E-state index contributed by atoms with van der Waals surface area (Å²) in [7, 11) is 0. The van der Waals surface area contributed by atoms with Gasteiger partial charge in [0, 0.05) is 19.3 Å². The van der Waals surface area contributed by atoms with Gasteiger partial charge in [0.2, 0.25) is 0 Å². The Kier molecular flexibility index (Phi) is 7.52. The van der Waals surface area contributed by atoms with Gasteiger partial charge in [-0.05, 0) is 25.2 Å². The first-order valence-electron chi connectivity index (χ1n) is 11.4. The van der Waals surface area contributed by atoms with E-state index in [2.05, 4.69) is 0 Å². The Morgan fingerprint density at radius 1 is 0.812 bits per heavy atom. The Balaban J connectivity index is 1.41. The van der Waals surface area contributed by atoms with Crippen LogP contribution in [0.2, 0.25) is 0 Å². The second kappa shape index (κ2) is 9.87. The van der Waals surface area contributed by atoms with Crippen LogP contribution in [0.1, 0.15) is 38.5 Å². The smallest absolute Gasteiger partial charge is 0.186 e. The maximum absolute atomic E-state index is 12.8. The summed E-state index contributed by atoms with van der Waals surface area (Å²) in [4.78, 5) is 12.8. The first-order chi connectivity index (χ1) is 15.2. The molecule has 0 bridgehead atoms. The highest BCUT2D eigenvalue weighted by molar-refractivity contribution is 5.83. The highest BCUT2D eigenvalue weighted by Gasteiger charge is 2.51. The summed E-state index contributed by atoms with van der Waals surface area (Å²) in [6.07, 6.45) is -9.53. The lowest BCUT2D eigenvalue weighted by molar-refractivity contribution is -0.318. The summed E-state index contributed by atoms with van der Waals surface area (Å²) < 4.78 is 17.4. The van der Waals surface area contributed by atoms with Crippen molar-refractivity contribution in [3.8, 4) is 0 Å². The molecule has 2 saturated carbocycles. The molecule has 0 radical (unpaired) electrons. The monoisotopic (exact) mass is 462 g/mol. The van der Waals surface area contributed by atoms with Crippen LogP contribution in [-0.4, -0.2) is 115 Å². The Labute approximate surface area is 185 Å². The van der Waals surface area contributed by atoms with Crippen molar-refractivity contribution in [2.24, 2.45) is 11.8 Å². The average Bonchev–Trinajstić information content (AvgIpc) is 2.75. The summed E-state index contributed by atoms with van der Waals surface area (Å²) in [5, 5.41) is 69.8. The zero-order valence-electron chi connectivity index (χ0n) is 17.7. The fourth-order valence-electron chi connectivity index (χ4n) is 5.59. The average molecular weight is 462 g/mol. The molecule has 11 heteroatoms. The summed E-state index contributed by atoms with van der Waals surface area (Å²) in [6, 6.07) is 0. The second-order valence-corrected chi connectivity index (χ2v) is 9.61. The number of carbonyl (C=O) groups excluding carboxylic acids is 1. The number of fused-ring (bicyclic) bond motifs is 1. The van der Waals surface area contributed by atoms with Gasteiger partial charge >= 0.3 is 0 Å². The topological polar surface area (TPSA) is 186 Å². The third kappa shape index (κ3) is 4.74. The van der Waals surface area contributed by atoms with Gasteiger partial charge in [0.1, 0.15) is 30.2 Å². The van der Waals surface area contributed by atoms with E-state index in [1.807, 2.05) is 0 Å². The van der Waals surface area contributed by atoms with E-state index in [1.54, 1.807) is 0 Å². The molecule has 2 aliphatic carbocycles. The minimum atomic E-state index is -1.57. The molecule has 4 rings (SSSR count). The van der Waals surface area contributed by atoms with Crippen molar-refractivity contribution < 1.29 is 54.8 Å². The minimum Gasteiger partial charge on any atom is -0.394 e. The molecule has 32 heavy (non-hydrogen) atoms. The van der Waals surface area contributed by atoms with Gasteiger partial charge in [-0.3, -0.25) is 4.79 Å². The lowest BCUT2D eigenvalue weighted by atomic mass is 9.73. The number of hydrogen-bond acceptors (Lipinski definition) is 11. The van der Waals surface area contributed by atoms with E-state index in [4.69, 9.17) is 14.2 Å². The largest absolute Gasteiger partial charge is 0.394 e. The number of Topliss-reactive ketones (excluding diaryl/α,β-unsaturated/α-hetero) is 1. The van der Waals surface area contributed by atoms with Crippen LogP contribution in [0.3, 0.4) is 0 Å². The zero-order valence-corrected chi connectivity index (χ0v) is 17.7. The lowest BCUT2D eigenvalue weighted by Crippen LogP contribution is -2.61. The molecule has 7 N–H and O–H groups in total. The van der Waals surface area contributed by atoms with Crippen LogP contribution in [0, 0.1) is 11.8 Å². The molecule has 0 aromatic carbocycles. The standard InChI is InChI=1S/C21H34O11/c22-7-16-18(27)19(28)20(29)21(32-16)30-9-4-12(25)17-13(26)6-14(31-15(17)5-9)8-1-2-10(23)11(24)3-8/h8-12,14-25,27-29H,1-7H2/t8?,9?,10?,11?,12?,14?,15?,16?,17?,18-,19-,20?,21-/m1/s1. The predicted molar refractivity (Wildman–Crippen MR) is 105 cm³/mol. The maximum atomic E-state index is 12.8. The van der Waals surface area contributed by atoms with Crippen molar-refractivity contribution in [1.82, 2.24) is 0 Å². The van der Waals surface area contributed by atoms with E-state index in [9.17, 15) is 40.5 Å². The van der Waals surface area contributed by atoms with E-state index < -0.39 is 79.9 Å². The first kappa shape index (κ1) is 24.4. The summed E-state index contributed by atoms with van der Waals surface area (Å²) >= 11 is 0. The summed E-state index contributed by atoms with van der Waals surface area (Å²) in [5.74, 6) is -0.882. The SMILES string of the molecule is O=C1CC(C2CCC(O)C(O)C2)OC2CC(O[C@@H]3OC(CO)[C@@H](O)[C@@H](O)C3O)CC(O)C12. The molecular formula is C21H34O11. The van der Waals surface area contributed by atoms with Crippen LogP contribution in [0.5, 0.6) is 0 Å². The molecule has 13 atom stereocenters. The molecule has 0 aromatic rings. The van der Waals surface area contributed by atoms with Crippen molar-refractivity contribution in [1.29, 1.82) is 0 Å². The molecule has 184 valence electrons. The molecule has 10 unspecified atom stereocenters. The molecule has 2 saturated heterocycles. The Morgan fingerprint density at radius 3 is 2.25 bits per heavy atom. The number of hydrogen-bond donors (Lipinski definition) is 7. The molecular weight excluding hydrogens is 428 g/mol. The maximum Gasteiger partial charge on any atom is 0.186 e. The highest BCUT2D eigenvalue weighted by Crippen LogP contribution is 2.41. The van der Waals surface area contributed by atoms with Crippen molar-refractivity contribution in [3.63, 3.8) is 0 Å². The van der Waals surface area contributed by atoms with E-state index >= 15 is 0 Å². The number of ketones is 1. The highest BCUT2D eigenvalue weighted by atomic mass is 16.7. The number of carbonyl (C=O) groups is 1. The van der Waals surface area contributed by atoms with Crippen LogP contribution in [0.15, 0.2) is 0 Å².